The van der Waals surface area contributed by atoms with Crippen molar-refractivity contribution in [3.63, 3.8) is 0 Å². The number of sulfonamides is 1. The monoisotopic (exact) mass is 384 g/mol. The highest BCUT2D eigenvalue weighted by Crippen LogP contribution is 2.36. The van der Waals surface area contributed by atoms with Crippen molar-refractivity contribution in [3.05, 3.63) is 53.6 Å². The quantitative estimate of drug-likeness (QED) is 0.798. The summed E-state index contributed by atoms with van der Waals surface area (Å²) in [6, 6.07) is 12.9. The van der Waals surface area contributed by atoms with Crippen LogP contribution in [-0.2, 0) is 27.7 Å². The predicted molar refractivity (Wildman–Crippen MR) is 107 cm³/mol. The van der Waals surface area contributed by atoms with Gasteiger partial charge in [0.1, 0.15) is 0 Å². The van der Waals surface area contributed by atoms with E-state index in [9.17, 15) is 13.2 Å². The number of hydrogen-bond donors (Lipinski definition) is 0. The highest BCUT2D eigenvalue weighted by molar-refractivity contribution is 7.92. The Morgan fingerprint density at radius 2 is 1.85 bits per heavy atom. The SMILES string of the molecule is CC(=O)N1CCCc2cc(S(=O)(=O)N3CC(C)Cc4ccccc43)ccc21. The van der Waals surface area contributed by atoms with Crippen LogP contribution in [0.5, 0.6) is 0 Å². The maximum absolute atomic E-state index is 13.4. The van der Waals surface area contributed by atoms with Gasteiger partial charge in [0.05, 0.1) is 10.6 Å². The summed E-state index contributed by atoms with van der Waals surface area (Å²) in [5.41, 5.74) is 3.61. The summed E-state index contributed by atoms with van der Waals surface area (Å²) in [6.45, 7) is 4.79. The smallest absolute Gasteiger partial charge is 0.264 e. The first-order valence-electron chi connectivity index (χ1n) is 9.39. The van der Waals surface area contributed by atoms with Crippen molar-refractivity contribution in [1.29, 1.82) is 0 Å². The molecule has 0 saturated carbocycles. The number of carbonyl (C=O) groups excluding carboxylic acids is 1. The number of aryl methyl sites for hydroxylation is 1. The van der Waals surface area contributed by atoms with Crippen LogP contribution in [0.15, 0.2) is 47.4 Å². The summed E-state index contributed by atoms with van der Waals surface area (Å²) in [5, 5.41) is 0. The third-order valence-electron chi connectivity index (χ3n) is 5.44. The molecule has 0 aromatic heterocycles. The van der Waals surface area contributed by atoms with Gasteiger partial charge in [-0.15, -0.1) is 0 Å². The van der Waals surface area contributed by atoms with Crippen LogP contribution in [0.2, 0.25) is 0 Å². The van der Waals surface area contributed by atoms with Crippen LogP contribution in [-0.4, -0.2) is 27.4 Å². The van der Waals surface area contributed by atoms with Gasteiger partial charge in [-0.1, -0.05) is 25.1 Å². The minimum atomic E-state index is -3.65. The third-order valence-corrected chi connectivity index (χ3v) is 7.22. The molecule has 2 aromatic rings. The van der Waals surface area contributed by atoms with Crippen molar-refractivity contribution in [2.75, 3.05) is 22.3 Å². The molecule has 0 radical (unpaired) electrons. The van der Waals surface area contributed by atoms with Crippen molar-refractivity contribution in [1.82, 2.24) is 0 Å². The minimum Gasteiger partial charge on any atom is -0.312 e. The largest absolute Gasteiger partial charge is 0.312 e. The van der Waals surface area contributed by atoms with Gasteiger partial charge in [0.15, 0.2) is 0 Å². The first-order valence-corrected chi connectivity index (χ1v) is 10.8. The van der Waals surface area contributed by atoms with Gasteiger partial charge in [0.2, 0.25) is 5.91 Å². The van der Waals surface area contributed by atoms with Crippen LogP contribution in [0.25, 0.3) is 0 Å². The number of anilines is 2. The zero-order chi connectivity index (χ0) is 19.2. The Kier molecular flexibility index (Phi) is 4.46. The van der Waals surface area contributed by atoms with E-state index >= 15 is 0 Å². The van der Waals surface area contributed by atoms with Crippen LogP contribution in [0, 0.1) is 5.92 Å². The molecule has 27 heavy (non-hydrogen) atoms. The number of nitrogens with zero attached hydrogens (tertiary/aromatic N) is 2. The lowest BCUT2D eigenvalue weighted by Crippen LogP contribution is -2.39. The molecule has 5 nitrogen and oxygen atoms in total. The van der Waals surface area contributed by atoms with Crippen molar-refractivity contribution < 1.29 is 13.2 Å². The van der Waals surface area contributed by atoms with Gasteiger partial charge in [-0.2, -0.15) is 0 Å². The van der Waals surface area contributed by atoms with E-state index < -0.39 is 10.0 Å². The Morgan fingerprint density at radius 1 is 1.07 bits per heavy atom. The first-order chi connectivity index (χ1) is 12.9. The number of benzene rings is 2. The van der Waals surface area contributed by atoms with E-state index in [1.807, 2.05) is 24.3 Å². The molecule has 2 heterocycles. The number of hydrogen-bond acceptors (Lipinski definition) is 3. The summed E-state index contributed by atoms with van der Waals surface area (Å²) in [5.74, 6) is 0.255. The Bertz CT molecular complexity index is 1000. The number of carbonyl (C=O) groups is 1. The summed E-state index contributed by atoms with van der Waals surface area (Å²) >= 11 is 0. The van der Waals surface area contributed by atoms with Gasteiger partial charge in [-0.05, 0) is 60.6 Å². The van der Waals surface area contributed by atoms with E-state index in [4.69, 9.17) is 0 Å². The molecule has 1 atom stereocenters. The van der Waals surface area contributed by atoms with Crippen LogP contribution < -0.4 is 9.21 Å². The van der Waals surface area contributed by atoms with E-state index in [-0.39, 0.29) is 11.8 Å². The van der Waals surface area contributed by atoms with E-state index in [1.165, 1.54) is 0 Å². The molecule has 1 amide bonds. The summed E-state index contributed by atoms with van der Waals surface area (Å²) in [7, 11) is -3.65. The zero-order valence-electron chi connectivity index (χ0n) is 15.7. The molecule has 0 saturated heterocycles. The van der Waals surface area contributed by atoms with Gasteiger partial charge < -0.3 is 4.90 Å². The Hall–Kier alpha value is -2.34. The maximum atomic E-state index is 13.4. The topological polar surface area (TPSA) is 57.7 Å². The third kappa shape index (κ3) is 3.12. The highest BCUT2D eigenvalue weighted by Gasteiger charge is 2.32. The minimum absolute atomic E-state index is 0.00894. The number of fused-ring (bicyclic) bond motifs is 2. The van der Waals surface area contributed by atoms with E-state index in [0.29, 0.717) is 18.0 Å². The fourth-order valence-corrected chi connectivity index (χ4v) is 5.84. The van der Waals surface area contributed by atoms with E-state index in [0.717, 1.165) is 41.8 Å². The summed E-state index contributed by atoms with van der Waals surface area (Å²) < 4.78 is 28.4. The molecule has 0 fully saturated rings. The van der Waals surface area contributed by atoms with Gasteiger partial charge >= 0.3 is 0 Å². The molecule has 0 N–H and O–H groups in total. The molecule has 2 aliphatic heterocycles. The van der Waals surface area contributed by atoms with Gasteiger partial charge in [-0.25, -0.2) is 8.42 Å². The fourth-order valence-electron chi connectivity index (χ4n) is 4.16. The molecule has 4 rings (SSSR count). The lowest BCUT2D eigenvalue weighted by molar-refractivity contribution is -0.116. The van der Waals surface area contributed by atoms with Crippen molar-refractivity contribution in [2.45, 2.75) is 38.0 Å². The average molecular weight is 385 g/mol. The van der Waals surface area contributed by atoms with Crippen molar-refractivity contribution in [3.8, 4) is 0 Å². The van der Waals surface area contributed by atoms with E-state index in [1.54, 1.807) is 34.3 Å². The second-order valence-electron chi connectivity index (χ2n) is 7.54. The number of para-hydroxylation sites is 1. The molecule has 2 aliphatic rings. The molecule has 0 spiro atoms. The fraction of sp³-hybridized carbons (Fsp3) is 0.381. The Labute approximate surface area is 160 Å². The van der Waals surface area contributed by atoms with Crippen LogP contribution >= 0.6 is 0 Å². The van der Waals surface area contributed by atoms with E-state index in [2.05, 4.69) is 6.92 Å². The molecule has 1 unspecified atom stereocenters. The van der Waals surface area contributed by atoms with Crippen LogP contribution in [0.1, 0.15) is 31.4 Å². The Balaban J connectivity index is 1.77. The number of amides is 1. The van der Waals surface area contributed by atoms with Crippen molar-refractivity contribution >= 4 is 27.3 Å². The number of rotatable bonds is 2. The molecule has 6 heteroatoms. The molecule has 2 aromatic carbocycles. The van der Waals surface area contributed by atoms with Crippen LogP contribution in [0.4, 0.5) is 11.4 Å². The summed E-state index contributed by atoms with van der Waals surface area (Å²) in [6.07, 6.45) is 2.52. The molecular formula is C21H24N2O3S. The highest BCUT2D eigenvalue weighted by atomic mass is 32.2. The Morgan fingerprint density at radius 3 is 2.63 bits per heavy atom. The van der Waals surface area contributed by atoms with Gasteiger partial charge in [-0.3, -0.25) is 9.10 Å². The average Bonchev–Trinajstić information content (AvgIpc) is 2.66. The standard InChI is InChI=1S/C21H24N2O3S/c1-15-12-17-6-3-4-8-21(17)23(14-15)27(25,26)19-9-10-20-18(13-19)7-5-11-22(20)16(2)24/h3-4,6,8-10,13,15H,5,7,11-12,14H2,1-2H3. The lowest BCUT2D eigenvalue weighted by Gasteiger charge is -2.34. The zero-order valence-corrected chi connectivity index (χ0v) is 16.5. The lowest BCUT2D eigenvalue weighted by atomic mass is 9.96. The van der Waals surface area contributed by atoms with Gasteiger partial charge in [0, 0.05) is 25.7 Å². The first kappa shape index (κ1) is 18.0. The molecule has 0 bridgehead atoms. The van der Waals surface area contributed by atoms with Gasteiger partial charge in [0.25, 0.3) is 10.0 Å². The molecular weight excluding hydrogens is 360 g/mol. The maximum Gasteiger partial charge on any atom is 0.264 e. The normalized spacial score (nSPS) is 19.4. The predicted octanol–water partition coefficient (Wildman–Crippen LogP) is 3.37. The second kappa shape index (κ2) is 6.68. The van der Waals surface area contributed by atoms with Crippen molar-refractivity contribution in [2.24, 2.45) is 5.92 Å². The second-order valence-corrected chi connectivity index (χ2v) is 9.40. The molecule has 142 valence electrons. The molecule has 0 aliphatic carbocycles. The van der Waals surface area contributed by atoms with Crippen LogP contribution in [0.3, 0.4) is 0 Å². The summed E-state index contributed by atoms with van der Waals surface area (Å²) in [4.78, 5) is 13.9.